The highest BCUT2D eigenvalue weighted by molar-refractivity contribution is 7.80. The van der Waals surface area contributed by atoms with Crippen molar-refractivity contribution < 1.29 is 13.9 Å². The van der Waals surface area contributed by atoms with Crippen LogP contribution < -0.4 is 10.2 Å². The summed E-state index contributed by atoms with van der Waals surface area (Å²) in [5.74, 6) is -0.689. The molecule has 0 aliphatic carbocycles. The van der Waals surface area contributed by atoms with Crippen LogP contribution in [-0.2, 0) is 11.2 Å². The molecule has 1 aliphatic heterocycles. The number of thiocarbonyl (C=S) groups is 1. The maximum Gasteiger partial charge on any atom is 0.349 e. The second kappa shape index (κ2) is 7.89. The molecule has 150 valence electrons. The minimum Gasteiger partial charge on any atom is -0.465 e. The Hall–Kier alpha value is -2.22. The number of nitrogens with one attached hydrogen (secondary N) is 1. The standard InChI is InChI=1S/C21H18ClFN2O2S2/c1-11-3-4-12-9-13(23)5-8-16(12)25(11)21(28)24-14-6-7-15-17(10-14)29-19(18(15)22)20(26)27-2/h5-11H,3-4H2,1-2H3,(H,24,28)/t11-/m1/s1. The average Bonchev–Trinajstić information content (AvgIpc) is 3.03. The third-order valence-electron chi connectivity index (χ3n) is 5.04. The van der Waals surface area contributed by atoms with Crippen LogP contribution in [0.3, 0.4) is 0 Å². The van der Waals surface area contributed by atoms with E-state index in [-0.39, 0.29) is 11.9 Å². The van der Waals surface area contributed by atoms with Crippen molar-refractivity contribution >= 4 is 67.7 Å². The molecular formula is C21H18ClFN2O2S2. The van der Waals surface area contributed by atoms with Crippen LogP contribution in [0.25, 0.3) is 10.1 Å². The smallest absolute Gasteiger partial charge is 0.349 e. The molecule has 29 heavy (non-hydrogen) atoms. The summed E-state index contributed by atoms with van der Waals surface area (Å²) >= 11 is 13.3. The quantitative estimate of drug-likeness (QED) is 0.383. The molecule has 8 heteroatoms. The second-order valence-corrected chi connectivity index (χ2v) is 8.73. The number of rotatable bonds is 2. The minimum absolute atomic E-state index is 0.193. The molecule has 0 unspecified atom stereocenters. The lowest BCUT2D eigenvalue weighted by Crippen LogP contribution is -2.44. The highest BCUT2D eigenvalue weighted by Gasteiger charge is 2.26. The van der Waals surface area contributed by atoms with Gasteiger partial charge in [0.25, 0.3) is 0 Å². The van der Waals surface area contributed by atoms with E-state index >= 15 is 0 Å². The fourth-order valence-corrected chi connectivity index (χ4v) is 5.44. The van der Waals surface area contributed by atoms with Crippen LogP contribution in [0, 0.1) is 5.82 Å². The first-order chi connectivity index (χ1) is 13.9. The molecule has 4 nitrogen and oxygen atoms in total. The molecule has 3 aromatic rings. The average molecular weight is 449 g/mol. The van der Waals surface area contributed by atoms with Crippen molar-refractivity contribution in [2.75, 3.05) is 17.3 Å². The number of anilines is 2. The van der Waals surface area contributed by atoms with Gasteiger partial charge in [-0.05, 0) is 73.9 Å². The minimum atomic E-state index is -0.452. The van der Waals surface area contributed by atoms with Gasteiger partial charge < -0.3 is 15.0 Å². The highest BCUT2D eigenvalue weighted by atomic mass is 35.5. The molecule has 1 atom stereocenters. The monoisotopic (exact) mass is 448 g/mol. The highest BCUT2D eigenvalue weighted by Crippen LogP contribution is 2.37. The molecule has 2 heterocycles. The zero-order chi connectivity index (χ0) is 20.7. The summed E-state index contributed by atoms with van der Waals surface area (Å²) < 4.78 is 19.3. The van der Waals surface area contributed by atoms with Crippen LogP contribution in [0.15, 0.2) is 36.4 Å². The van der Waals surface area contributed by atoms with E-state index in [0.717, 1.165) is 39.9 Å². The number of ether oxygens (including phenoxy) is 1. The summed E-state index contributed by atoms with van der Waals surface area (Å²) in [4.78, 5) is 14.3. The van der Waals surface area contributed by atoms with E-state index in [2.05, 4.69) is 12.2 Å². The lowest BCUT2D eigenvalue weighted by Gasteiger charge is -2.37. The van der Waals surface area contributed by atoms with Gasteiger partial charge in [-0.15, -0.1) is 11.3 Å². The van der Waals surface area contributed by atoms with E-state index in [1.54, 1.807) is 12.1 Å². The van der Waals surface area contributed by atoms with Crippen molar-refractivity contribution in [2.45, 2.75) is 25.8 Å². The van der Waals surface area contributed by atoms with E-state index in [0.29, 0.717) is 15.0 Å². The number of hydrogen-bond donors (Lipinski definition) is 1. The Morgan fingerprint density at radius 2 is 2.14 bits per heavy atom. The van der Waals surface area contributed by atoms with Crippen LogP contribution in [0.1, 0.15) is 28.6 Å². The van der Waals surface area contributed by atoms with E-state index < -0.39 is 5.97 Å². The summed E-state index contributed by atoms with van der Waals surface area (Å²) in [5, 5.41) is 5.00. The van der Waals surface area contributed by atoms with Gasteiger partial charge in [-0.25, -0.2) is 9.18 Å². The van der Waals surface area contributed by atoms with Gasteiger partial charge in [-0.3, -0.25) is 0 Å². The van der Waals surface area contributed by atoms with Crippen molar-refractivity contribution in [2.24, 2.45) is 0 Å². The van der Waals surface area contributed by atoms with Crippen molar-refractivity contribution in [1.82, 2.24) is 0 Å². The molecule has 0 radical (unpaired) electrons. The number of fused-ring (bicyclic) bond motifs is 2. The number of carbonyl (C=O) groups is 1. The molecule has 1 aliphatic rings. The van der Waals surface area contributed by atoms with Crippen molar-refractivity contribution in [3.8, 4) is 0 Å². The summed E-state index contributed by atoms with van der Waals surface area (Å²) in [7, 11) is 1.33. The van der Waals surface area contributed by atoms with Crippen molar-refractivity contribution in [3.63, 3.8) is 0 Å². The topological polar surface area (TPSA) is 41.6 Å². The van der Waals surface area contributed by atoms with Gasteiger partial charge in [0.1, 0.15) is 10.7 Å². The van der Waals surface area contributed by atoms with E-state index in [1.807, 2.05) is 23.1 Å². The van der Waals surface area contributed by atoms with Gasteiger partial charge in [0.2, 0.25) is 0 Å². The lowest BCUT2D eigenvalue weighted by molar-refractivity contribution is 0.0606. The fraction of sp³-hybridized carbons (Fsp3) is 0.238. The number of thiophene rings is 1. The molecule has 1 aromatic heterocycles. The number of esters is 1. The first kappa shape index (κ1) is 20.1. The van der Waals surface area contributed by atoms with Crippen LogP contribution in [-0.4, -0.2) is 24.2 Å². The number of aryl methyl sites for hydroxylation is 1. The third-order valence-corrected chi connectivity index (χ3v) is 6.98. The molecule has 0 amide bonds. The Morgan fingerprint density at radius 1 is 1.34 bits per heavy atom. The van der Waals surface area contributed by atoms with Gasteiger partial charge in [0.05, 0.1) is 12.1 Å². The summed E-state index contributed by atoms with van der Waals surface area (Å²) in [6, 6.07) is 10.6. The van der Waals surface area contributed by atoms with E-state index in [4.69, 9.17) is 28.6 Å². The van der Waals surface area contributed by atoms with Gasteiger partial charge in [0.15, 0.2) is 5.11 Å². The maximum absolute atomic E-state index is 13.6. The normalized spacial score (nSPS) is 15.9. The molecule has 4 rings (SSSR count). The molecule has 0 saturated carbocycles. The first-order valence-electron chi connectivity index (χ1n) is 9.08. The Morgan fingerprint density at radius 3 is 2.90 bits per heavy atom. The molecule has 0 fully saturated rings. The molecule has 0 saturated heterocycles. The van der Waals surface area contributed by atoms with Crippen molar-refractivity contribution in [1.29, 1.82) is 0 Å². The lowest BCUT2D eigenvalue weighted by atomic mass is 9.97. The third kappa shape index (κ3) is 3.70. The number of hydrogen-bond acceptors (Lipinski definition) is 4. The molecule has 0 bridgehead atoms. The number of carbonyl (C=O) groups excluding carboxylic acids is 1. The molecule has 0 spiro atoms. The van der Waals surface area contributed by atoms with Gasteiger partial charge >= 0.3 is 5.97 Å². The molecule has 2 aromatic carbocycles. The van der Waals surface area contributed by atoms with Gasteiger partial charge in [0, 0.05) is 27.5 Å². The van der Waals surface area contributed by atoms with Gasteiger partial charge in [-0.2, -0.15) is 0 Å². The summed E-state index contributed by atoms with van der Waals surface area (Å²) in [6.45, 7) is 2.10. The van der Waals surface area contributed by atoms with Gasteiger partial charge in [-0.1, -0.05) is 11.6 Å². The van der Waals surface area contributed by atoms with E-state index in [1.165, 1.54) is 24.5 Å². The number of halogens is 2. The Bertz CT molecular complexity index is 1130. The molecular weight excluding hydrogens is 431 g/mol. The van der Waals surface area contributed by atoms with Crippen LogP contribution in [0.5, 0.6) is 0 Å². The number of methoxy groups -OCH3 is 1. The summed E-state index contributed by atoms with van der Waals surface area (Å²) in [6.07, 6.45) is 1.71. The fourth-order valence-electron chi connectivity index (χ4n) is 3.58. The predicted octanol–water partition coefficient (Wildman–Crippen LogP) is 6.02. The van der Waals surface area contributed by atoms with E-state index in [9.17, 15) is 9.18 Å². The predicted molar refractivity (Wildman–Crippen MR) is 121 cm³/mol. The van der Waals surface area contributed by atoms with Crippen LogP contribution in [0.2, 0.25) is 5.02 Å². The van der Waals surface area contributed by atoms with Crippen molar-refractivity contribution in [3.05, 3.63) is 57.7 Å². The zero-order valence-electron chi connectivity index (χ0n) is 15.8. The molecule has 1 N–H and O–H groups in total. The maximum atomic E-state index is 13.6. The number of nitrogens with zero attached hydrogens (tertiary/aromatic N) is 1. The number of benzene rings is 2. The zero-order valence-corrected chi connectivity index (χ0v) is 18.2. The second-order valence-electron chi connectivity index (χ2n) is 6.91. The Balaban J connectivity index is 1.63. The largest absolute Gasteiger partial charge is 0.465 e. The summed E-state index contributed by atoms with van der Waals surface area (Å²) in [5.41, 5.74) is 2.67. The SMILES string of the molecule is COC(=O)c1sc2cc(NC(=S)N3c4ccc(F)cc4CC[C@H]3C)ccc2c1Cl. The van der Waals surface area contributed by atoms with Crippen LogP contribution >= 0.6 is 35.2 Å². The van der Waals surface area contributed by atoms with Crippen LogP contribution in [0.4, 0.5) is 15.8 Å². The Labute approximate surface area is 182 Å². The Kier molecular flexibility index (Phi) is 5.46. The first-order valence-corrected chi connectivity index (χ1v) is 10.7.